The van der Waals surface area contributed by atoms with Crippen molar-refractivity contribution in [1.82, 2.24) is 10.2 Å². The Labute approximate surface area is 113 Å². The van der Waals surface area contributed by atoms with Crippen molar-refractivity contribution in [2.45, 2.75) is 45.8 Å². The third kappa shape index (κ3) is 3.63. The molecule has 0 saturated carbocycles. The topological polar surface area (TPSA) is 108 Å². The van der Waals surface area contributed by atoms with E-state index >= 15 is 0 Å². The van der Waals surface area contributed by atoms with Crippen LogP contribution in [0, 0.1) is 11.3 Å². The molecule has 0 saturated heterocycles. The maximum Gasteiger partial charge on any atom is 0.167 e. The zero-order valence-electron chi connectivity index (χ0n) is 11.6. The van der Waals surface area contributed by atoms with Crippen LogP contribution in [-0.4, -0.2) is 34.0 Å². The minimum absolute atomic E-state index is 0.343. The van der Waals surface area contributed by atoms with Crippen molar-refractivity contribution in [1.29, 1.82) is 5.26 Å². The first kappa shape index (κ1) is 15.3. The minimum Gasteiger partial charge on any atom is -0.392 e. The lowest BCUT2D eigenvalue weighted by Crippen LogP contribution is -2.39. The van der Waals surface area contributed by atoms with Crippen LogP contribution in [0.5, 0.6) is 0 Å². The van der Waals surface area contributed by atoms with Crippen LogP contribution >= 0.6 is 0 Å². The quantitative estimate of drug-likeness (QED) is 0.693. The fraction of sp³-hybridized carbons (Fsp3) is 0.615. The van der Waals surface area contributed by atoms with E-state index in [0.29, 0.717) is 17.9 Å². The molecule has 0 amide bonds. The van der Waals surface area contributed by atoms with E-state index in [1.807, 2.05) is 13.8 Å². The summed E-state index contributed by atoms with van der Waals surface area (Å²) in [5.41, 5.74) is 8.03. The van der Waals surface area contributed by atoms with E-state index in [2.05, 4.69) is 21.6 Å². The number of aryl methyl sites for hydroxylation is 1. The third-order valence-electron chi connectivity index (χ3n) is 3.08. The second-order valence-electron chi connectivity index (χ2n) is 4.45. The van der Waals surface area contributed by atoms with Crippen molar-refractivity contribution in [3.63, 3.8) is 0 Å². The van der Waals surface area contributed by atoms with E-state index in [1.54, 1.807) is 6.92 Å². The Morgan fingerprint density at radius 3 is 2.53 bits per heavy atom. The van der Waals surface area contributed by atoms with Gasteiger partial charge in [-0.2, -0.15) is 10.4 Å². The maximum atomic E-state index is 9.34. The van der Waals surface area contributed by atoms with Gasteiger partial charge in [0.1, 0.15) is 11.6 Å². The lowest BCUT2D eigenvalue weighted by molar-refractivity contribution is 0.168. The van der Waals surface area contributed by atoms with Gasteiger partial charge in [0.2, 0.25) is 0 Å². The Bertz CT molecular complexity index is 467. The molecule has 0 aliphatic heterocycles. The largest absolute Gasteiger partial charge is 0.392 e. The number of aliphatic hydroxyl groups excluding tert-OH is 1. The van der Waals surface area contributed by atoms with Crippen LogP contribution in [0.15, 0.2) is 0 Å². The molecule has 6 heteroatoms. The van der Waals surface area contributed by atoms with Crippen LogP contribution in [0.4, 0.5) is 5.82 Å². The molecular weight excluding hydrogens is 242 g/mol. The first-order valence-electron chi connectivity index (χ1n) is 6.51. The summed E-state index contributed by atoms with van der Waals surface area (Å²) in [6.07, 6.45) is 0.864. The van der Waals surface area contributed by atoms with E-state index in [-0.39, 0.29) is 0 Å². The summed E-state index contributed by atoms with van der Waals surface area (Å²) in [7, 11) is 0. The molecule has 4 N–H and O–H groups in total. The van der Waals surface area contributed by atoms with Crippen molar-refractivity contribution in [2.24, 2.45) is 5.73 Å². The van der Waals surface area contributed by atoms with Crippen molar-refractivity contribution < 1.29 is 5.11 Å². The zero-order valence-corrected chi connectivity index (χ0v) is 11.6. The summed E-state index contributed by atoms with van der Waals surface area (Å²) >= 11 is 0. The maximum absolute atomic E-state index is 9.34. The number of nitrogens with two attached hydrogens (primary N) is 1. The van der Waals surface area contributed by atoms with Crippen LogP contribution in [0.3, 0.4) is 0 Å². The van der Waals surface area contributed by atoms with E-state index in [1.165, 1.54) is 0 Å². The number of aromatic nitrogens is 2. The molecule has 104 valence electrons. The molecule has 2 unspecified atom stereocenters. The first-order valence-corrected chi connectivity index (χ1v) is 6.51. The zero-order chi connectivity index (χ0) is 14.4. The summed E-state index contributed by atoms with van der Waals surface area (Å²) < 4.78 is 0. The van der Waals surface area contributed by atoms with Crippen molar-refractivity contribution in [2.75, 3.05) is 11.9 Å². The minimum atomic E-state index is -0.619. The Balaban J connectivity index is 2.99. The summed E-state index contributed by atoms with van der Waals surface area (Å²) in [5.74, 6) is 0.438. The average Bonchev–Trinajstić information content (AvgIpc) is 2.42. The SMILES string of the molecule is CCc1nnc(NCC(N)C(C)O)c(C#N)c1CC. The number of nitrogens with one attached hydrogen (secondary N) is 1. The summed E-state index contributed by atoms with van der Waals surface area (Å²) in [6, 6.07) is 1.76. The van der Waals surface area contributed by atoms with E-state index < -0.39 is 12.1 Å². The summed E-state index contributed by atoms with van der Waals surface area (Å²) in [4.78, 5) is 0. The van der Waals surface area contributed by atoms with Crippen LogP contribution in [0.2, 0.25) is 0 Å². The number of anilines is 1. The number of nitrogens with zero attached hydrogens (tertiary/aromatic N) is 3. The lowest BCUT2D eigenvalue weighted by atomic mass is 10.0. The predicted molar refractivity (Wildman–Crippen MR) is 73.6 cm³/mol. The molecule has 1 rings (SSSR count). The van der Waals surface area contributed by atoms with Gasteiger partial charge in [-0.15, -0.1) is 5.10 Å². The summed E-state index contributed by atoms with van der Waals surface area (Å²) in [6.45, 7) is 5.94. The molecule has 1 heterocycles. The van der Waals surface area contributed by atoms with Gasteiger partial charge in [0.15, 0.2) is 5.82 Å². The van der Waals surface area contributed by atoms with Gasteiger partial charge in [-0.05, 0) is 25.3 Å². The molecule has 2 atom stereocenters. The summed E-state index contributed by atoms with van der Waals surface area (Å²) in [5, 5.41) is 29.8. The van der Waals surface area contributed by atoms with Gasteiger partial charge in [-0.25, -0.2) is 0 Å². The van der Waals surface area contributed by atoms with Gasteiger partial charge in [-0.1, -0.05) is 13.8 Å². The van der Waals surface area contributed by atoms with E-state index in [9.17, 15) is 10.4 Å². The average molecular weight is 263 g/mol. The molecular formula is C13H21N5O. The standard InChI is InChI=1S/C13H21N5O/c1-4-9-10(6-14)13(18-17-12(9)5-2)16-7-11(15)8(3)19/h8,11,19H,4-5,7,15H2,1-3H3,(H,16,18). The molecule has 1 aromatic heterocycles. The molecule has 1 aromatic rings. The monoisotopic (exact) mass is 263 g/mol. The second kappa shape index (κ2) is 7.02. The number of rotatable bonds is 6. The number of hydrogen-bond donors (Lipinski definition) is 3. The van der Waals surface area contributed by atoms with Crippen LogP contribution in [0.1, 0.15) is 37.6 Å². The number of aliphatic hydroxyl groups is 1. The smallest absolute Gasteiger partial charge is 0.167 e. The Hall–Kier alpha value is -1.71. The third-order valence-corrected chi connectivity index (χ3v) is 3.08. The van der Waals surface area contributed by atoms with Gasteiger partial charge in [0.25, 0.3) is 0 Å². The first-order chi connectivity index (χ1) is 9.04. The highest BCUT2D eigenvalue weighted by Crippen LogP contribution is 2.19. The second-order valence-corrected chi connectivity index (χ2v) is 4.45. The van der Waals surface area contributed by atoms with Gasteiger partial charge < -0.3 is 16.2 Å². The van der Waals surface area contributed by atoms with Gasteiger partial charge in [0.05, 0.1) is 11.8 Å². The van der Waals surface area contributed by atoms with E-state index in [4.69, 9.17) is 5.73 Å². The molecule has 0 spiro atoms. The molecule has 0 aromatic carbocycles. The molecule has 6 nitrogen and oxygen atoms in total. The highest BCUT2D eigenvalue weighted by molar-refractivity contribution is 5.56. The van der Waals surface area contributed by atoms with Gasteiger partial charge in [0, 0.05) is 12.6 Å². The van der Waals surface area contributed by atoms with Crippen molar-refractivity contribution in [3.8, 4) is 6.07 Å². The lowest BCUT2D eigenvalue weighted by Gasteiger charge is -2.17. The molecule has 0 radical (unpaired) electrons. The van der Waals surface area contributed by atoms with E-state index in [0.717, 1.165) is 24.1 Å². The van der Waals surface area contributed by atoms with Gasteiger partial charge in [-0.3, -0.25) is 0 Å². The normalized spacial score (nSPS) is 13.7. The Morgan fingerprint density at radius 1 is 1.37 bits per heavy atom. The molecule has 0 bridgehead atoms. The van der Waals surface area contributed by atoms with Gasteiger partial charge >= 0.3 is 0 Å². The van der Waals surface area contributed by atoms with Crippen molar-refractivity contribution >= 4 is 5.82 Å². The predicted octanol–water partition coefficient (Wildman–Crippen LogP) is 0.593. The Kier molecular flexibility index (Phi) is 5.67. The fourth-order valence-electron chi connectivity index (χ4n) is 1.80. The fourth-order valence-corrected chi connectivity index (χ4v) is 1.80. The molecule has 0 aliphatic carbocycles. The highest BCUT2D eigenvalue weighted by atomic mass is 16.3. The van der Waals surface area contributed by atoms with Crippen LogP contribution < -0.4 is 11.1 Å². The Morgan fingerprint density at radius 2 is 2.05 bits per heavy atom. The van der Waals surface area contributed by atoms with Crippen LogP contribution in [-0.2, 0) is 12.8 Å². The molecule has 0 aliphatic rings. The molecule has 0 fully saturated rings. The molecule has 19 heavy (non-hydrogen) atoms. The highest BCUT2D eigenvalue weighted by Gasteiger charge is 2.15. The van der Waals surface area contributed by atoms with Crippen molar-refractivity contribution in [3.05, 3.63) is 16.8 Å². The van der Waals surface area contributed by atoms with Crippen LogP contribution in [0.25, 0.3) is 0 Å². The number of nitriles is 1. The number of hydrogen-bond acceptors (Lipinski definition) is 6.